The first kappa shape index (κ1) is 21.9. The Morgan fingerprint density at radius 3 is 2.54 bits per heavy atom. The Labute approximate surface area is 163 Å². The predicted octanol–water partition coefficient (Wildman–Crippen LogP) is 3.94. The summed E-state index contributed by atoms with van der Waals surface area (Å²) in [6.07, 6.45) is 0.0241. The summed E-state index contributed by atoms with van der Waals surface area (Å²) in [6, 6.07) is 4.78. The molecule has 0 bridgehead atoms. The van der Waals surface area contributed by atoms with Crippen molar-refractivity contribution in [2.24, 2.45) is 5.92 Å². The summed E-state index contributed by atoms with van der Waals surface area (Å²) < 4.78 is 40.9. The highest BCUT2D eigenvalue weighted by molar-refractivity contribution is 5.75. The number of amides is 1. The fourth-order valence-electron chi connectivity index (χ4n) is 3.06. The molecule has 1 aromatic carbocycles. The molecule has 1 aliphatic rings. The summed E-state index contributed by atoms with van der Waals surface area (Å²) in [4.78, 5) is 25.1. The van der Waals surface area contributed by atoms with Crippen LogP contribution in [0.5, 0.6) is 11.5 Å². The van der Waals surface area contributed by atoms with Crippen LogP contribution in [0.3, 0.4) is 0 Å². The van der Waals surface area contributed by atoms with Crippen LogP contribution in [0.1, 0.15) is 52.0 Å². The number of nitrogens with zero attached hydrogens (tertiary/aromatic N) is 1. The molecule has 2 atom stereocenters. The van der Waals surface area contributed by atoms with E-state index in [1.54, 1.807) is 19.1 Å². The van der Waals surface area contributed by atoms with E-state index >= 15 is 0 Å². The van der Waals surface area contributed by atoms with Gasteiger partial charge in [-0.15, -0.1) is 0 Å². The molecular formula is C20H27F2NO5. The topological polar surface area (TPSA) is 65.1 Å². The maximum Gasteiger partial charge on any atom is 0.387 e. The van der Waals surface area contributed by atoms with Crippen LogP contribution in [0.25, 0.3) is 0 Å². The molecule has 0 radical (unpaired) electrons. The molecule has 0 aliphatic carbocycles. The van der Waals surface area contributed by atoms with Crippen molar-refractivity contribution in [1.29, 1.82) is 0 Å². The molecule has 0 aromatic heterocycles. The summed E-state index contributed by atoms with van der Waals surface area (Å²) >= 11 is 0. The van der Waals surface area contributed by atoms with Crippen LogP contribution in [0, 0.1) is 5.92 Å². The molecule has 0 unspecified atom stereocenters. The molecule has 0 N–H and O–H groups in total. The van der Waals surface area contributed by atoms with Gasteiger partial charge in [-0.25, -0.2) is 0 Å². The molecule has 1 heterocycles. The average molecular weight is 399 g/mol. The number of alkyl halides is 2. The molecule has 1 aromatic rings. The normalized spacial score (nSPS) is 19.2. The number of carbonyl (C=O) groups is 2. The van der Waals surface area contributed by atoms with E-state index in [0.29, 0.717) is 19.6 Å². The molecule has 6 nitrogen and oxygen atoms in total. The molecular weight excluding hydrogens is 372 g/mol. The van der Waals surface area contributed by atoms with Gasteiger partial charge < -0.3 is 19.1 Å². The Morgan fingerprint density at radius 2 is 1.96 bits per heavy atom. The van der Waals surface area contributed by atoms with E-state index in [9.17, 15) is 18.4 Å². The van der Waals surface area contributed by atoms with E-state index in [2.05, 4.69) is 4.74 Å². The fraction of sp³-hybridized carbons (Fsp3) is 0.600. The van der Waals surface area contributed by atoms with Gasteiger partial charge in [-0.2, -0.15) is 8.78 Å². The number of hydrogen-bond donors (Lipinski definition) is 0. The average Bonchev–Trinajstić information content (AvgIpc) is 3.04. The van der Waals surface area contributed by atoms with Crippen molar-refractivity contribution in [3.05, 3.63) is 23.8 Å². The SMILES string of the molecule is CCC(=O)O[C@@H]1C[C@@H](c2ccc(OC(F)F)c(OCC(C)C)c2)CN1C(C)=O. The zero-order chi connectivity index (χ0) is 20.8. The molecule has 0 spiro atoms. The van der Waals surface area contributed by atoms with Gasteiger partial charge in [-0.3, -0.25) is 9.59 Å². The van der Waals surface area contributed by atoms with Crippen LogP contribution in [0.15, 0.2) is 18.2 Å². The second-order valence-electron chi connectivity index (χ2n) is 7.19. The molecule has 1 fully saturated rings. The van der Waals surface area contributed by atoms with E-state index in [1.807, 2.05) is 13.8 Å². The number of esters is 1. The maximum atomic E-state index is 12.7. The zero-order valence-electron chi connectivity index (χ0n) is 16.6. The highest BCUT2D eigenvalue weighted by atomic mass is 19.3. The van der Waals surface area contributed by atoms with Gasteiger partial charge in [0.05, 0.1) is 6.61 Å². The summed E-state index contributed by atoms with van der Waals surface area (Å²) in [5, 5.41) is 0. The van der Waals surface area contributed by atoms with Gasteiger partial charge >= 0.3 is 12.6 Å². The monoisotopic (exact) mass is 399 g/mol. The number of ether oxygens (including phenoxy) is 3. The van der Waals surface area contributed by atoms with Crippen LogP contribution < -0.4 is 9.47 Å². The lowest BCUT2D eigenvalue weighted by Crippen LogP contribution is -2.36. The Balaban J connectivity index is 2.24. The van der Waals surface area contributed by atoms with Gasteiger partial charge in [0.2, 0.25) is 5.91 Å². The number of likely N-dealkylation sites (tertiary alicyclic amines) is 1. The van der Waals surface area contributed by atoms with Crippen LogP contribution in [0.4, 0.5) is 8.78 Å². The van der Waals surface area contributed by atoms with Crippen molar-refractivity contribution in [2.45, 2.75) is 59.3 Å². The third-order valence-electron chi connectivity index (χ3n) is 4.44. The van der Waals surface area contributed by atoms with E-state index in [0.717, 1.165) is 5.56 Å². The summed E-state index contributed by atoms with van der Waals surface area (Å²) in [6.45, 7) is 4.78. The largest absolute Gasteiger partial charge is 0.489 e. The Bertz CT molecular complexity index is 695. The van der Waals surface area contributed by atoms with E-state index in [-0.39, 0.29) is 41.6 Å². The fourth-order valence-corrected chi connectivity index (χ4v) is 3.06. The lowest BCUT2D eigenvalue weighted by molar-refractivity contribution is -0.160. The van der Waals surface area contributed by atoms with Crippen molar-refractivity contribution in [1.82, 2.24) is 4.90 Å². The zero-order valence-corrected chi connectivity index (χ0v) is 16.6. The van der Waals surface area contributed by atoms with E-state index < -0.39 is 12.8 Å². The molecule has 156 valence electrons. The minimum absolute atomic E-state index is 0.0326. The minimum Gasteiger partial charge on any atom is -0.489 e. The van der Waals surface area contributed by atoms with E-state index in [1.165, 1.54) is 17.9 Å². The maximum absolute atomic E-state index is 12.7. The smallest absolute Gasteiger partial charge is 0.387 e. The third-order valence-corrected chi connectivity index (χ3v) is 4.44. The quantitative estimate of drug-likeness (QED) is 0.620. The number of hydrogen-bond acceptors (Lipinski definition) is 5. The van der Waals surface area contributed by atoms with E-state index in [4.69, 9.17) is 9.47 Å². The van der Waals surface area contributed by atoms with Crippen LogP contribution in [0.2, 0.25) is 0 Å². The number of halogens is 2. The number of benzene rings is 1. The molecule has 1 aliphatic heterocycles. The third kappa shape index (κ3) is 5.81. The van der Waals surface area contributed by atoms with Gasteiger partial charge in [0, 0.05) is 32.2 Å². The Kier molecular flexibility index (Phi) is 7.60. The van der Waals surface area contributed by atoms with Crippen LogP contribution in [-0.2, 0) is 14.3 Å². The van der Waals surface area contributed by atoms with Gasteiger partial charge in [-0.1, -0.05) is 26.8 Å². The van der Waals surface area contributed by atoms with Crippen molar-refractivity contribution in [3.63, 3.8) is 0 Å². The molecule has 1 saturated heterocycles. The van der Waals surface area contributed by atoms with Crippen LogP contribution >= 0.6 is 0 Å². The van der Waals surface area contributed by atoms with Crippen molar-refractivity contribution in [3.8, 4) is 11.5 Å². The first-order chi connectivity index (χ1) is 13.2. The van der Waals surface area contributed by atoms with Gasteiger partial charge in [0.1, 0.15) is 0 Å². The Morgan fingerprint density at radius 1 is 1.25 bits per heavy atom. The van der Waals surface area contributed by atoms with Gasteiger partial charge in [0.25, 0.3) is 0 Å². The molecule has 1 amide bonds. The van der Waals surface area contributed by atoms with Crippen molar-refractivity contribution >= 4 is 11.9 Å². The highest BCUT2D eigenvalue weighted by Crippen LogP contribution is 2.38. The molecule has 2 rings (SSSR count). The number of rotatable bonds is 8. The van der Waals surface area contributed by atoms with Crippen molar-refractivity contribution < 1.29 is 32.6 Å². The predicted molar refractivity (Wildman–Crippen MR) is 98.3 cm³/mol. The molecule has 28 heavy (non-hydrogen) atoms. The standard InChI is InChI=1S/C20H27F2NO5/c1-5-19(25)28-18-9-15(10-23(18)13(4)24)14-6-7-16(27-20(21)22)17(8-14)26-11-12(2)3/h6-8,12,15,18,20H,5,9-11H2,1-4H3/t15-,18-/m1/s1. The second-order valence-corrected chi connectivity index (χ2v) is 7.19. The van der Waals surface area contributed by atoms with Crippen molar-refractivity contribution in [2.75, 3.05) is 13.2 Å². The van der Waals surface area contributed by atoms with Crippen LogP contribution in [-0.4, -0.2) is 42.8 Å². The second kappa shape index (κ2) is 9.71. The summed E-state index contributed by atoms with van der Waals surface area (Å²) in [5.74, 6) is -0.269. The minimum atomic E-state index is -2.95. The summed E-state index contributed by atoms with van der Waals surface area (Å²) in [7, 11) is 0. The first-order valence-corrected chi connectivity index (χ1v) is 9.39. The number of carbonyl (C=O) groups excluding carboxylic acids is 2. The first-order valence-electron chi connectivity index (χ1n) is 9.39. The molecule has 0 saturated carbocycles. The summed E-state index contributed by atoms with van der Waals surface area (Å²) in [5.41, 5.74) is 0.807. The lowest BCUT2D eigenvalue weighted by Gasteiger charge is -2.22. The Hall–Kier alpha value is -2.38. The lowest BCUT2D eigenvalue weighted by atomic mass is 9.97. The van der Waals surface area contributed by atoms with Gasteiger partial charge in [-0.05, 0) is 23.6 Å². The van der Waals surface area contributed by atoms with Gasteiger partial charge in [0.15, 0.2) is 17.7 Å². The molecule has 8 heteroatoms. The highest BCUT2D eigenvalue weighted by Gasteiger charge is 2.37.